The lowest BCUT2D eigenvalue weighted by atomic mass is 10.0. The molecule has 5 nitrogen and oxygen atoms in total. The van der Waals surface area contributed by atoms with Gasteiger partial charge in [0, 0.05) is 37.0 Å². The lowest BCUT2D eigenvalue weighted by Crippen LogP contribution is -3.15. The van der Waals surface area contributed by atoms with Gasteiger partial charge >= 0.3 is 0 Å². The van der Waals surface area contributed by atoms with Crippen molar-refractivity contribution in [3.05, 3.63) is 60.2 Å². The Hall–Kier alpha value is -2.53. The summed E-state index contributed by atoms with van der Waals surface area (Å²) in [4.78, 5) is 18.9. The molecule has 1 aliphatic carbocycles. The van der Waals surface area contributed by atoms with E-state index in [0.717, 1.165) is 45.6 Å². The smallest absolute Gasteiger partial charge is 0.223 e. The van der Waals surface area contributed by atoms with Gasteiger partial charge in [-0.05, 0) is 37.1 Å². The van der Waals surface area contributed by atoms with Crippen LogP contribution in [0.4, 0.5) is 11.4 Å². The Labute approximate surface area is 187 Å². The molecule has 1 aliphatic heterocycles. The van der Waals surface area contributed by atoms with Crippen LogP contribution in [-0.4, -0.2) is 52.7 Å². The number of quaternary nitrogens is 1. The Morgan fingerprint density at radius 2 is 1.68 bits per heavy atom. The Balaban J connectivity index is 1.44. The van der Waals surface area contributed by atoms with Crippen LogP contribution in [0.2, 0.25) is 0 Å². The third kappa shape index (κ3) is 5.40. The molecule has 5 heteroatoms. The first-order chi connectivity index (χ1) is 15.1. The zero-order chi connectivity index (χ0) is 21.6. The Kier molecular flexibility index (Phi) is 7.13. The standard InChI is InChI=1S/C26H36N4O/c1-28(2)23-14-12-21(13-15-23)25(20-27-26(31)22-8-6-7-9-22)30-18-16-29(17-19-30)24-10-4-3-5-11-24/h3-5,10-15,22,25H,6-9,16-20H2,1-2H3,(H,27,31)/p+1/t25-/m1/s1. The number of amides is 1. The molecule has 1 saturated carbocycles. The second kappa shape index (κ2) is 10.2. The van der Waals surface area contributed by atoms with Crippen LogP contribution in [0.1, 0.15) is 37.3 Å². The highest BCUT2D eigenvalue weighted by Crippen LogP contribution is 2.25. The van der Waals surface area contributed by atoms with Gasteiger partial charge in [-0.3, -0.25) is 4.79 Å². The van der Waals surface area contributed by atoms with Crippen LogP contribution in [-0.2, 0) is 4.79 Å². The van der Waals surface area contributed by atoms with Crippen LogP contribution in [0, 0.1) is 5.92 Å². The summed E-state index contributed by atoms with van der Waals surface area (Å²) in [6.45, 7) is 4.96. The fraction of sp³-hybridized carbons (Fsp3) is 0.500. The molecular weight excluding hydrogens is 384 g/mol. The first kappa shape index (κ1) is 21.7. The number of carbonyl (C=O) groups excluding carboxylic acids is 1. The number of anilines is 2. The molecule has 2 aromatic rings. The van der Waals surface area contributed by atoms with Crippen molar-refractivity contribution in [2.45, 2.75) is 31.7 Å². The quantitative estimate of drug-likeness (QED) is 0.722. The van der Waals surface area contributed by atoms with Crippen molar-refractivity contribution in [1.82, 2.24) is 5.32 Å². The lowest BCUT2D eigenvalue weighted by Gasteiger charge is -2.38. The number of benzene rings is 2. The van der Waals surface area contributed by atoms with Gasteiger partial charge in [-0.15, -0.1) is 0 Å². The minimum Gasteiger partial charge on any atom is -0.378 e. The number of rotatable bonds is 7. The average molecular weight is 422 g/mol. The summed E-state index contributed by atoms with van der Waals surface area (Å²) in [6, 6.07) is 19.9. The summed E-state index contributed by atoms with van der Waals surface area (Å²) in [5, 5.41) is 3.32. The zero-order valence-electron chi connectivity index (χ0n) is 19.0. The van der Waals surface area contributed by atoms with Gasteiger partial charge in [0.25, 0.3) is 0 Å². The van der Waals surface area contributed by atoms with E-state index < -0.39 is 0 Å². The molecule has 0 spiro atoms. The molecule has 4 rings (SSSR count). The Bertz CT molecular complexity index is 822. The minimum absolute atomic E-state index is 0.224. The Morgan fingerprint density at radius 1 is 1.03 bits per heavy atom. The van der Waals surface area contributed by atoms with E-state index in [-0.39, 0.29) is 11.8 Å². The first-order valence-corrected chi connectivity index (χ1v) is 11.8. The van der Waals surface area contributed by atoms with Crippen molar-refractivity contribution in [2.24, 2.45) is 5.92 Å². The van der Waals surface area contributed by atoms with Crippen LogP contribution in [0.25, 0.3) is 0 Å². The first-order valence-electron chi connectivity index (χ1n) is 11.8. The Morgan fingerprint density at radius 3 is 2.29 bits per heavy atom. The van der Waals surface area contributed by atoms with E-state index >= 15 is 0 Å². The van der Waals surface area contributed by atoms with Crippen molar-refractivity contribution >= 4 is 17.3 Å². The van der Waals surface area contributed by atoms with E-state index in [2.05, 4.69) is 83.8 Å². The van der Waals surface area contributed by atoms with E-state index in [1.165, 1.54) is 29.8 Å². The molecule has 1 amide bonds. The van der Waals surface area contributed by atoms with Gasteiger partial charge in [-0.25, -0.2) is 0 Å². The van der Waals surface area contributed by atoms with Gasteiger partial charge in [0.2, 0.25) is 5.91 Å². The number of para-hydroxylation sites is 1. The largest absolute Gasteiger partial charge is 0.378 e. The van der Waals surface area contributed by atoms with Gasteiger partial charge in [0.05, 0.1) is 32.7 Å². The van der Waals surface area contributed by atoms with Crippen molar-refractivity contribution < 1.29 is 9.69 Å². The fourth-order valence-electron chi connectivity index (χ4n) is 5.08. The van der Waals surface area contributed by atoms with Crippen molar-refractivity contribution in [1.29, 1.82) is 0 Å². The fourth-order valence-corrected chi connectivity index (χ4v) is 5.08. The summed E-state index contributed by atoms with van der Waals surface area (Å²) in [6.07, 6.45) is 4.49. The highest BCUT2D eigenvalue weighted by Gasteiger charge is 2.30. The highest BCUT2D eigenvalue weighted by molar-refractivity contribution is 5.78. The van der Waals surface area contributed by atoms with Gasteiger partial charge in [0.1, 0.15) is 6.04 Å². The molecular formula is C26H37N4O+. The topological polar surface area (TPSA) is 40.0 Å². The normalized spacial score (nSPS) is 18.7. The summed E-state index contributed by atoms with van der Waals surface area (Å²) in [5.74, 6) is 0.483. The third-order valence-corrected chi connectivity index (χ3v) is 7.04. The van der Waals surface area contributed by atoms with Crippen molar-refractivity contribution in [3.8, 4) is 0 Å². The van der Waals surface area contributed by atoms with Crippen LogP contribution >= 0.6 is 0 Å². The van der Waals surface area contributed by atoms with Gasteiger partial charge in [0.15, 0.2) is 0 Å². The highest BCUT2D eigenvalue weighted by atomic mass is 16.1. The van der Waals surface area contributed by atoms with E-state index in [1.54, 1.807) is 4.90 Å². The van der Waals surface area contributed by atoms with Crippen LogP contribution < -0.4 is 20.0 Å². The molecule has 0 unspecified atom stereocenters. The second-order valence-corrected chi connectivity index (χ2v) is 9.25. The number of carbonyl (C=O) groups is 1. The maximum absolute atomic E-state index is 12.7. The maximum atomic E-state index is 12.7. The van der Waals surface area contributed by atoms with E-state index in [1.807, 2.05) is 0 Å². The number of nitrogens with zero attached hydrogens (tertiary/aromatic N) is 2. The van der Waals surface area contributed by atoms with Crippen molar-refractivity contribution in [3.63, 3.8) is 0 Å². The molecule has 1 heterocycles. The van der Waals surface area contributed by atoms with Gasteiger partial charge in [-0.2, -0.15) is 0 Å². The van der Waals surface area contributed by atoms with Crippen molar-refractivity contribution in [2.75, 3.05) is 56.6 Å². The predicted octanol–water partition coefficient (Wildman–Crippen LogP) is 2.51. The summed E-state index contributed by atoms with van der Waals surface area (Å²) in [5.41, 5.74) is 3.84. The molecule has 0 radical (unpaired) electrons. The molecule has 31 heavy (non-hydrogen) atoms. The number of piperazine rings is 1. The molecule has 166 valence electrons. The third-order valence-electron chi connectivity index (χ3n) is 7.04. The average Bonchev–Trinajstić information content (AvgIpc) is 3.36. The molecule has 0 aromatic heterocycles. The molecule has 1 saturated heterocycles. The van der Waals surface area contributed by atoms with E-state index in [0.29, 0.717) is 6.04 Å². The second-order valence-electron chi connectivity index (χ2n) is 9.25. The molecule has 1 atom stereocenters. The van der Waals surface area contributed by atoms with Crippen LogP contribution in [0.15, 0.2) is 54.6 Å². The molecule has 2 fully saturated rings. The SMILES string of the molecule is CN(C)c1ccc([C@@H](CNC(=O)C2CCCC2)[NH+]2CCN(c3ccccc3)CC2)cc1. The lowest BCUT2D eigenvalue weighted by molar-refractivity contribution is -0.931. The number of hydrogen-bond acceptors (Lipinski definition) is 3. The minimum atomic E-state index is 0.224. The van der Waals surface area contributed by atoms with E-state index in [9.17, 15) is 4.79 Å². The number of nitrogens with one attached hydrogen (secondary N) is 2. The zero-order valence-corrected chi connectivity index (χ0v) is 19.0. The molecule has 0 bridgehead atoms. The van der Waals surface area contributed by atoms with Crippen LogP contribution in [0.3, 0.4) is 0 Å². The van der Waals surface area contributed by atoms with E-state index in [4.69, 9.17) is 0 Å². The maximum Gasteiger partial charge on any atom is 0.223 e. The summed E-state index contributed by atoms with van der Waals surface area (Å²) < 4.78 is 0. The molecule has 2 aromatic carbocycles. The molecule has 2 aliphatic rings. The van der Waals surface area contributed by atoms with Gasteiger partial charge in [-0.1, -0.05) is 43.2 Å². The van der Waals surface area contributed by atoms with Crippen LogP contribution in [0.5, 0.6) is 0 Å². The van der Waals surface area contributed by atoms with Gasteiger partial charge < -0.3 is 20.0 Å². The monoisotopic (exact) mass is 421 g/mol. The number of hydrogen-bond donors (Lipinski definition) is 2. The summed E-state index contributed by atoms with van der Waals surface area (Å²) in [7, 11) is 4.14. The summed E-state index contributed by atoms with van der Waals surface area (Å²) >= 11 is 0. The molecule has 2 N–H and O–H groups in total. The predicted molar refractivity (Wildman–Crippen MR) is 128 cm³/mol.